The highest BCUT2D eigenvalue weighted by molar-refractivity contribution is 7.13. The van der Waals surface area contributed by atoms with Gasteiger partial charge in [-0.25, -0.2) is 9.97 Å². The Hall–Kier alpha value is -1.82. The number of thiazole rings is 2. The molecule has 0 radical (unpaired) electrons. The molecular weight excluding hydrogens is 533 g/mol. The highest BCUT2D eigenvalue weighted by Crippen LogP contribution is 2.30. The molecule has 216 valence electrons. The van der Waals surface area contributed by atoms with Gasteiger partial charge in [0.2, 0.25) is 0 Å². The van der Waals surface area contributed by atoms with E-state index in [0.29, 0.717) is 11.6 Å². The fourth-order valence-corrected chi connectivity index (χ4v) is 6.06. The lowest BCUT2D eigenvalue weighted by Crippen LogP contribution is -2.29. The number of hydrogen-bond acceptors (Lipinski definition) is 8. The van der Waals surface area contributed by atoms with Crippen LogP contribution < -0.4 is 10.5 Å². The number of carbonyl (C=O) groups excluding carboxylic acids is 1. The molecule has 1 aliphatic heterocycles. The Kier molecular flexibility index (Phi) is 17.3. The maximum atomic E-state index is 12.2. The van der Waals surface area contributed by atoms with Crippen molar-refractivity contribution >= 4 is 29.0 Å². The van der Waals surface area contributed by atoms with Gasteiger partial charge in [-0.2, -0.15) is 13.2 Å². The van der Waals surface area contributed by atoms with E-state index in [4.69, 9.17) is 4.74 Å². The molecule has 0 atom stereocenters. The van der Waals surface area contributed by atoms with Gasteiger partial charge in [-0.3, -0.25) is 0 Å². The molecule has 38 heavy (non-hydrogen) atoms. The van der Waals surface area contributed by atoms with Crippen LogP contribution in [0.25, 0.3) is 0 Å². The van der Waals surface area contributed by atoms with Gasteiger partial charge in [-0.05, 0) is 39.3 Å². The number of aldehydes is 1. The van der Waals surface area contributed by atoms with E-state index in [1.807, 2.05) is 6.92 Å². The van der Waals surface area contributed by atoms with Crippen molar-refractivity contribution in [2.45, 2.75) is 77.3 Å². The van der Waals surface area contributed by atoms with Gasteiger partial charge < -0.3 is 20.2 Å². The minimum Gasteiger partial charge on any atom is -0.470 e. The summed E-state index contributed by atoms with van der Waals surface area (Å²) in [6.45, 7) is 10.8. The van der Waals surface area contributed by atoms with Crippen LogP contribution in [0.2, 0.25) is 0 Å². The molecule has 2 aliphatic rings. The van der Waals surface area contributed by atoms with E-state index in [2.05, 4.69) is 33.8 Å². The Labute approximate surface area is 233 Å². The summed E-state index contributed by atoms with van der Waals surface area (Å²) in [5.74, 6) is 0.901. The third-order valence-electron chi connectivity index (χ3n) is 6.22. The Morgan fingerprint density at radius 2 is 1.84 bits per heavy atom. The van der Waals surface area contributed by atoms with Crippen molar-refractivity contribution in [1.82, 2.24) is 14.9 Å². The number of hydrogen-bond donors (Lipinski definition) is 1. The summed E-state index contributed by atoms with van der Waals surface area (Å²) in [4.78, 5) is 23.1. The molecule has 1 saturated carbocycles. The predicted molar refractivity (Wildman–Crippen MR) is 151 cm³/mol. The molecule has 1 fully saturated rings. The van der Waals surface area contributed by atoms with Crippen LogP contribution in [0.3, 0.4) is 0 Å². The SMILES string of the molecule is C=C.CN.Cc1ncc(CC=O)s1.FC(F)(F)CCOc1nc2c(s1)CCN(CCC1CCCCC1)CC2. The lowest BCUT2D eigenvalue weighted by Gasteiger charge is -2.26. The maximum Gasteiger partial charge on any atom is 0.392 e. The van der Waals surface area contributed by atoms with Crippen LogP contribution in [0, 0.1) is 12.8 Å². The average Bonchev–Trinajstić information content (AvgIpc) is 3.46. The Morgan fingerprint density at radius 1 is 1.16 bits per heavy atom. The summed E-state index contributed by atoms with van der Waals surface area (Å²) in [5, 5.41) is 1.41. The van der Waals surface area contributed by atoms with Crippen molar-refractivity contribution in [3.63, 3.8) is 0 Å². The van der Waals surface area contributed by atoms with Crippen LogP contribution in [0.15, 0.2) is 19.4 Å². The topological polar surface area (TPSA) is 81.3 Å². The van der Waals surface area contributed by atoms with Crippen molar-refractivity contribution < 1.29 is 22.7 Å². The quantitative estimate of drug-likeness (QED) is 0.289. The van der Waals surface area contributed by atoms with Crippen molar-refractivity contribution in [2.24, 2.45) is 11.7 Å². The van der Waals surface area contributed by atoms with Gasteiger partial charge in [0, 0.05) is 41.9 Å². The highest BCUT2D eigenvalue weighted by atomic mass is 32.1. The van der Waals surface area contributed by atoms with E-state index in [1.54, 1.807) is 17.5 Å². The molecule has 0 spiro atoms. The van der Waals surface area contributed by atoms with Crippen molar-refractivity contribution in [1.29, 1.82) is 0 Å². The number of alkyl halides is 3. The monoisotopic (exact) mass is 576 g/mol. The first kappa shape index (κ1) is 34.2. The zero-order chi connectivity index (χ0) is 28.4. The van der Waals surface area contributed by atoms with Gasteiger partial charge in [0.1, 0.15) is 6.29 Å². The van der Waals surface area contributed by atoms with E-state index in [1.165, 1.54) is 61.8 Å². The first-order valence-corrected chi connectivity index (χ1v) is 14.8. The first-order chi connectivity index (χ1) is 18.3. The number of nitrogens with two attached hydrogens (primary N) is 1. The largest absolute Gasteiger partial charge is 0.470 e. The van der Waals surface area contributed by atoms with Crippen LogP contribution in [0.1, 0.15) is 65.4 Å². The molecular formula is C27H43F3N4O2S2. The van der Waals surface area contributed by atoms with Crippen LogP contribution >= 0.6 is 22.7 Å². The standard InChI is InChI=1S/C18H27F3N2OS.C6H7NOS.C2H4.CH5N/c19-18(20,21)9-13-24-17-22-15-7-11-23(12-8-16(15)25-17)10-6-14-4-2-1-3-5-14;1-5-7-4-6(9-5)2-3-8;2*1-2/h14H,1-13H2;3-4H,2H2,1H3;1-2H2;2H2,1H3. The minimum absolute atomic E-state index is 0.344. The third kappa shape index (κ3) is 13.8. The summed E-state index contributed by atoms with van der Waals surface area (Å²) in [7, 11) is 1.50. The molecule has 0 bridgehead atoms. The molecule has 1 aliphatic carbocycles. The van der Waals surface area contributed by atoms with Gasteiger partial charge in [-0.1, -0.05) is 43.4 Å². The zero-order valence-corrected chi connectivity index (χ0v) is 24.4. The maximum absolute atomic E-state index is 12.2. The molecule has 2 N–H and O–H groups in total. The number of halogens is 3. The number of fused-ring (bicyclic) bond motifs is 1. The molecule has 0 amide bonds. The first-order valence-electron chi connectivity index (χ1n) is 13.2. The number of carbonyl (C=O) groups is 1. The highest BCUT2D eigenvalue weighted by Gasteiger charge is 2.27. The zero-order valence-electron chi connectivity index (χ0n) is 22.7. The van der Waals surface area contributed by atoms with Crippen molar-refractivity contribution in [2.75, 3.05) is 33.3 Å². The molecule has 4 rings (SSSR count). The van der Waals surface area contributed by atoms with Gasteiger partial charge >= 0.3 is 6.18 Å². The van der Waals surface area contributed by atoms with E-state index in [-0.39, 0.29) is 6.61 Å². The molecule has 11 heteroatoms. The third-order valence-corrected chi connectivity index (χ3v) is 8.23. The van der Waals surface area contributed by atoms with Crippen molar-refractivity contribution in [3.8, 4) is 5.19 Å². The van der Waals surface area contributed by atoms with Gasteiger partial charge in [-0.15, -0.1) is 24.5 Å². The predicted octanol–water partition coefficient (Wildman–Crippen LogP) is 6.42. The number of rotatable bonds is 8. The smallest absolute Gasteiger partial charge is 0.392 e. The van der Waals surface area contributed by atoms with E-state index in [9.17, 15) is 18.0 Å². The van der Waals surface area contributed by atoms with Gasteiger partial charge in [0.25, 0.3) is 5.19 Å². The number of nitrogens with zero attached hydrogens (tertiary/aromatic N) is 3. The number of aryl methyl sites for hydroxylation is 1. The summed E-state index contributed by atoms with van der Waals surface area (Å²) < 4.78 is 41.8. The molecule has 0 aromatic carbocycles. The van der Waals surface area contributed by atoms with Gasteiger partial charge in [0.05, 0.1) is 23.7 Å². The lowest BCUT2D eigenvalue weighted by atomic mass is 9.87. The Balaban J connectivity index is 0.000000464. The average molecular weight is 577 g/mol. The molecule has 2 aromatic rings. The van der Waals surface area contributed by atoms with Gasteiger partial charge in [0.15, 0.2) is 0 Å². The fraction of sp³-hybridized carbons (Fsp3) is 0.667. The van der Waals surface area contributed by atoms with Crippen LogP contribution in [0.5, 0.6) is 5.19 Å². The van der Waals surface area contributed by atoms with Crippen LogP contribution in [0.4, 0.5) is 13.2 Å². The molecule has 6 nitrogen and oxygen atoms in total. The van der Waals surface area contributed by atoms with E-state index >= 15 is 0 Å². The summed E-state index contributed by atoms with van der Waals surface area (Å²) in [6, 6.07) is 0. The Bertz CT molecular complexity index is 874. The summed E-state index contributed by atoms with van der Waals surface area (Å²) in [5.41, 5.74) is 5.52. The second-order valence-electron chi connectivity index (χ2n) is 8.91. The minimum atomic E-state index is -4.17. The molecule has 0 saturated heterocycles. The normalized spacial score (nSPS) is 15.8. The number of aromatic nitrogens is 2. The molecule has 0 unspecified atom stereocenters. The molecule has 2 aromatic heterocycles. The fourth-order valence-electron chi connectivity index (χ4n) is 4.35. The number of ether oxygens (including phenoxy) is 1. The Morgan fingerprint density at radius 3 is 2.45 bits per heavy atom. The van der Waals surface area contributed by atoms with E-state index in [0.717, 1.165) is 60.3 Å². The van der Waals surface area contributed by atoms with Crippen LogP contribution in [-0.2, 0) is 24.1 Å². The summed E-state index contributed by atoms with van der Waals surface area (Å²) in [6.07, 6.45) is 8.12. The molecule has 3 heterocycles. The lowest BCUT2D eigenvalue weighted by molar-refractivity contribution is -0.139. The van der Waals surface area contributed by atoms with E-state index < -0.39 is 12.6 Å². The second-order valence-corrected chi connectivity index (χ2v) is 11.3. The second kappa shape index (κ2) is 19.3. The summed E-state index contributed by atoms with van der Waals surface area (Å²) >= 11 is 2.99. The van der Waals surface area contributed by atoms with Crippen LogP contribution in [-0.4, -0.2) is 60.6 Å². The van der Waals surface area contributed by atoms with Crippen molar-refractivity contribution in [3.05, 3.63) is 39.8 Å².